The zero-order valence-corrected chi connectivity index (χ0v) is 8.65. The number of pyridine rings is 1. The first-order valence-electron chi connectivity index (χ1n) is 4.61. The van der Waals surface area contributed by atoms with Crippen molar-refractivity contribution in [2.24, 2.45) is 0 Å². The molecule has 0 aliphatic carbocycles. The lowest BCUT2D eigenvalue weighted by molar-refractivity contribution is -0.124. The Kier molecular flexibility index (Phi) is 3.00. The average molecular weight is 228 g/mol. The Hall–Kier alpha value is -0.970. The second-order valence-corrected chi connectivity index (χ2v) is 3.77. The first kappa shape index (κ1) is 10.5. The van der Waals surface area contributed by atoms with Crippen molar-refractivity contribution in [1.29, 1.82) is 0 Å². The van der Waals surface area contributed by atoms with Crippen molar-refractivity contribution in [3.63, 3.8) is 0 Å². The number of hydrogen-bond donors (Lipinski definition) is 1. The summed E-state index contributed by atoms with van der Waals surface area (Å²) in [7, 11) is 0. The van der Waals surface area contributed by atoms with E-state index in [0.717, 1.165) is 5.56 Å². The van der Waals surface area contributed by atoms with E-state index in [1.807, 2.05) is 0 Å². The molecule has 0 aromatic carbocycles. The van der Waals surface area contributed by atoms with Crippen LogP contribution in [0.15, 0.2) is 18.3 Å². The van der Waals surface area contributed by atoms with Gasteiger partial charge in [-0.05, 0) is 11.6 Å². The number of aliphatic hydroxyl groups excluding tert-OH is 1. The smallest absolute Gasteiger partial charge is 0.166 e. The van der Waals surface area contributed by atoms with E-state index < -0.39 is 6.10 Å². The van der Waals surface area contributed by atoms with E-state index in [4.69, 9.17) is 21.4 Å². The first-order valence-corrected chi connectivity index (χ1v) is 4.99. The number of halogens is 1. The fraction of sp³-hybridized carbons (Fsp3) is 0.400. The van der Waals surface area contributed by atoms with Crippen LogP contribution < -0.4 is 0 Å². The predicted octanol–water partition coefficient (Wildman–Crippen LogP) is 1.13. The maximum absolute atomic E-state index is 11.3. The Labute approximate surface area is 91.8 Å². The minimum absolute atomic E-state index is 0.0718. The van der Waals surface area contributed by atoms with Crippen molar-refractivity contribution in [3.05, 3.63) is 29.0 Å². The number of ketones is 1. The van der Waals surface area contributed by atoms with E-state index in [1.165, 1.54) is 0 Å². The van der Waals surface area contributed by atoms with Crippen molar-refractivity contribution in [1.82, 2.24) is 4.98 Å². The molecule has 4 nitrogen and oxygen atoms in total. The molecule has 5 heteroatoms. The highest BCUT2D eigenvalue weighted by Gasteiger charge is 2.33. The maximum Gasteiger partial charge on any atom is 0.166 e. The molecule has 80 valence electrons. The lowest BCUT2D eigenvalue weighted by Crippen LogP contribution is -2.19. The zero-order valence-electron chi connectivity index (χ0n) is 7.89. The van der Waals surface area contributed by atoms with Crippen molar-refractivity contribution in [3.8, 4) is 0 Å². The quantitative estimate of drug-likeness (QED) is 0.770. The second kappa shape index (κ2) is 4.26. The van der Waals surface area contributed by atoms with E-state index in [9.17, 15) is 4.79 Å². The van der Waals surface area contributed by atoms with Gasteiger partial charge in [0.1, 0.15) is 11.3 Å². The van der Waals surface area contributed by atoms with Gasteiger partial charge in [-0.3, -0.25) is 4.79 Å². The third-order valence-corrected chi connectivity index (χ3v) is 2.59. The van der Waals surface area contributed by atoms with E-state index in [0.29, 0.717) is 5.15 Å². The molecule has 0 bridgehead atoms. The van der Waals surface area contributed by atoms with E-state index >= 15 is 0 Å². The third-order valence-electron chi connectivity index (χ3n) is 2.36. The zero-order chi connectivity index (χ0) is 10.8. The fourth-order valence-electron chi connectivity index (χ4n) is 1.56. The minimum Gasteiger partial charge on any atom is -0.393 e. The van der Waals surface area contributed by atoms with Crippen LogP contribution in [0.1, 0.15) is 18.1 Å². The molecule has 0 unspecified atom stereocenters. The normalized spacial score (nSPS) is 25.9. The van der Waals surface area contributed by atoms with Crippen molar-refractivity contribution in [2.45, 2.75) is 18.6 Å². The molecule has 0 radical (unpaired) electrons. The second-order valence-electron chi connectivity index (χ2n) is 3.38. The highest BCUT2D eigenvalue weighted by atomic mass is 35.5. The number of aromatic nitrogens is 1. The van der Waals surface area contributed by atoms with Crippen LogP contribution in [0.5, 0.6) is 0 Å². The number of rotatable bonds is 2. The SMILES string of the molecule is O=C1C[C@H](c2ccc(Cl)nc2)O[C@@H]1CO. The summed E-state index contributed by atoms with van der Waals surface area (Å²) in [5.74, 6) is -0.0718. The highest BCUT2D eigenvalue weighted by Crippen LogP contribution is 2.30. The van der Waals surface area contributed by atoms with Gasteiger partial charge in [-0.1, -0.05) is 17.7 Å². The number of aliphatic hydroxyl groups is 1. The lowest BCUT2D eigenvalue weighted by Gasteiger charge is -2.10. The van der Waals surface area contributed by atoms with E-state index in [1.54, 1.807) is 18.3 Å². The lowest BCUT2D eigenvalue weighted by atomic mass is 10.1. The Bertz CT molecular complexity index is 365. The van der Waals surface area contributed by atoms with Gasteiger partial charge >= 0.3 is 0 Å². The topological polar surface area (TPSA) is 59.4 Å². The molecule has 0 amide bonds. The largest absolute Gasteiger partial charge is 0.393 e. The van der Waals surface area contributed by atoms with Crippen LogP contribution in [-0.2, 0) is 9.53 Å². The van der Waals surface area contributed by atoms with Gasteiger partial charge in [-0.15, -0.1) is 0 Å². The van der Waals surface area contributed by atoms with Crippen molar-refractivity contribution in [2.75, 3.05) is 6.61 Å². The summed E-state index contributed by atoms with van der Waals surface area (Å²) in [4.78, 5) is 15.2. The summed E-state index contributed by atoms with van der Waals surface area (Å²) < 4.78 is 5.37. The van der Waals surface area contributed by atoms with Crippen LogP contribution in [0, 0.1) is 0 Å². The van der Waals surface area contributed by atoms with Gasteiger partial charge in [0.15, 0.2) is 5.78 Å². The molecular weight excluding hydrogens is 218 g/mol. The Morgan fingerprint density at radius 1 is 1.60 bits per heavy atom. The van der Waals surface area contributed by atoms with Crippen LogP contribution in [0.2, 0.25) is 5.15 Å². The average Bonchev–Trinajstić information content (AvgIpc) is 2.61. The third kappa shape index (κ3) is 2.17. The molecule has 2 heterocycles. The predicted molar refractivity (Wildman–Crippen MR) is 53.6 cm³/mol. The van der Waals surface area contributed by atoms with Gasteiger partial charge < -0.3 is 9.84 Å². The molecular formula is C10H10ClNO3. The number of ether oxygens (including phenoxy) is 1. The number of carbonyl (C=O) groups excluding carboxylic acids is 1. The van der Waals surface area contributed by atoms with E-state index in [-0.39, 0.29) is 24.9 Å². The molecule has 15 heavy (non-hydrogen) atoms. The summed E-state index contributed by atoms with van der Waals surface area (Å²) >= 11 is 5.64. The van der Waals surface area contributed by atoms with Gasteiger partial charge in [0.05, 0.1) is 12.7 Å². The maximum atomic E-state index is 11.3. The molecule has 1 aromatic heterocycles. The highest BCUT2D eigenvalue weighted by molar-refractivity contribution is 6.29. The molecule has 2 atom stereocenters. The summed E-state index contributed by atoms with van der Waals surface area (Å²) in [6.07, 6.45) is 0.874. The van der Waals surface area contributed by atoms with Gasteiger partial charge in [-0.25, -0.2) is 4.98 Å². The van der Waals surface area contributed by atoms with Gasteiger partial charge in [0, 0.05) is 12.6 Å². The number of carbonyl (C=O) groups is 1. The van der Waals surface area contributed by atoms with E-state index in [2.05, 4.69) is 4.98 Å². The monoisotopic (exact) mass is 227 g/mol. The number of hydrogen-bond acceptors (Lipinski definition) is 4. The minimum atomic E-state index is -0.689. The summed E-state index contributed by atoms with van der Waals surface area (Å²) in [6, 6.07) is 3.42. The van der Waals surface area contributed by atoms with Crippen molar-refractivity contribution < 1.29 is 14.6 Å². The Morgan fingerprint density at radius 2 is 2.40 bits per heavy atom. The van der Waals surface area contributed by atoms with Gasteiger partial charge in [-0.2, -0.15) is 0 Å². The standard InChI is InChI=1S/C10H10ClNO3/c11-10-2-1-6(4-12-10)8-3-7(14)9(5-13)15-8/h1-2,4,8-9,13H,3,5H2/t8-,9-/m1/s1. The van der Waals surface area contributed by atoms with Crippen LogP contribution in [0.3, 0.4) is 0 Å². The summed E-state index contributed by atoms with van der Waals surface area (Å²) in [5.41, 5.74) is 0.809. The molecule has 1 aliphatic rings. The Morgan fingerprint density at radius 3 is 2.93 bits per heavy atom. The van der Waals surface area contributed by atoms with Gasteiger partial charge in [0.2, 0.25) is 0 Å². The van der Waals surface area contributed by atoms with Gasteiger partial charge in [0.25, 0.3) is 0 Å². The molecule has 0 saturated carbocycles. The molecule has 1 N–H and O–H groups in total. The molecule has 1 saturated heterocycles. The number of nitrogens with zero attached hydrogens (tertiary/aromatic N) is 1. The Balaban J connectivity index is 2.13. The van der Waals surface area contributed by atoms with Crippen LogP contribution >= 0.6 is 11.6 Å². The number of Topliss-reactive ketones (excluding diaryl/α,β-unsaturated/α-hetero) is 1. The van der Waals surface area contributed by atoms with Crippen LogP contribution in [-0.4, -0.2) is 28.6 Å². The fourth-order valence-corrected chi connectivity index (χ4v) is 1.67. The van der Waals surface area contributed by atoms with Crippen LogP contribution in [0.25, 0.3) is 0 Å². The summed E-state index contributed by atoms with van der Waals surface area (Å²) in [6.45, 7) is -0.268. The van der Waals surface area contributed by atoms with Crippen LogP contribution in [0.4, 0.5) is 0 Å². The molecule has 1 aliphatic heterocycles. The molecule has 0 spiro atoms. The molecule has 2 rings (SSSR count). The van der Waals surface area contributed by atoms with Crippen molar-refractivity contribution >= 4 is 17.4 Å². The molecule has 1 aromatic rings. The summed E-state index contributed by atoms with van der Waals surface area (Å²) in [5, 5.41) is 9.27. The first-order chi connectivity index (χ1) is 7.20. The molecule has 1 fully saturated rings.